The molecule has 0 saturated heterocycles. The van der Waals surface area contributed by atoms with Crippen LogP contribution in [0, 0.1) is 0 Å². The van der Waals surface area contributed by atoms with E-state index in [1.807, 2.05) is 0 Å². The first-order chi connectivity index (χ1) is 14.6. The van der Waals surface area contributed by atoms with Crippen LogP contribution in [0.5, 0.6) is 28.7 Å². The molecule has 0 atom stereocenters. The maximum Gasteiger partial charge on any atom is 0.342 e. The van der Waals surface area contributed by atoms with Crippen molar-refractivity contribution in [2.45, 2.75) is 6.42 Å². The number of carbonyl (C=O) groups excluding carboxylic acids is 2. The molecule has 1 amide bonds. The maximum absolute atomic E-state index is 12.5. The van der Waals surface area contributed by atoms with Crippen molar-refractivity contribution in [2.24, 2.45) is 0 Å². The number of ether oxygens (including phenoxy) is 6. The number of carbonyl (C=O) groups is 2. The van der Waals surface area contributed by atoms with Gasteiger partial charge in [0.05, 0.1) is 34.5 Å². The lowest BCUT2D eigenvalue weighted by molar-refractivity contribution is -0.119. The second-order valence-corrected chi connectivity index (χ2v) is 6.22. The van der Waals surface area contributed by atoms with Crippen molar-refractivity contribution in [3.63, 3.8) is 0 Å². The van der Waals surface area contributed by atoms with Crippen molar-refractivity contribution >= 4 is 17.6 Å². The van der Waals surface area contributed by atoms with Gasteiger partial charge in [0.2, 0.25) is 5.75 Å². The second-order valence-electron chi connectivity index (χ2n) is 6.22. The molecule has 2 aromatic rings. The van der Waals surface area contributed by atoms with Gasteiger partial charge in [-0.15, -0.1) is 0 Å². The lowest BCUT2D eigenvalue weighted by Gasteiger charge is -2.15. The zero-order chi connectivity index (χ0) is 21.5. The van der Waals surface area contributed by atoms with E-state index in [1.54, 1.807) is 24.3 Å². The number of anilines is 1. The summed E-state index contributed by atoms with van der Waals surface area (Å²) in [5, 5.41) is 2.66. The Balaban J connectivity index is 1.64. The molecule has 9 nitrogen and oxygen atoms in total. The first-order valence-electron chi connectivity index (χ1n) is 9.23. The van der Waals surface area contributed by atoms with Crippen LogP contribution < -0.4 is 29.0 Å². The van der Waals surface area contributed by atoms with Gasteiger partial charge >= 0.3 is 5.97 Å². The highest BCUT2D eigenvalue weighted by Crippen LogP contribution is 2.40. The standard InChI is InChI=1S/C21H23NO8/c1-25-16-8-6-14(19(26-2)20(16)27-3)21(24)30-12-18(23)22-13-5-7-15-17(11-13)29-10-4-9-28-15/h5-8,11H,4,9-10,12H2,1-3H3,(H,22,23). The number of fused-ring (bicyclic) bond motifs is 1. The molecule has 0 fully saturated rings. The van der Waals surface area contributed by atoms with Crippen LogP contribution in [0.2, 0.25) is 0 Å². The summed E-state index contributed by atoms with van der Waals surface area (Å²) < 4.78 is 32.0. The molecule has 0 spiro atoms. The minimum Gasteiger partial charge on any atom is -0.493 e. The fraction of sp³-hybridized carbons (Fsp3) is 0.333. The normalized spacial score (nSPS) is 12.4. The van der Waals surface area contributed by atoms with Crippen molar-refractivity contribution in [3.05, 3.63) is 35.9 Å². The number of rotatable bonds is 7. The highest BCUT2D eigenvalue weighted by molar-refractivity contribution is 5.97. The molecule has 2 aromatic carbocycles. The summed E-state index contributed by atoms with van der Waals surface area (Å²) in [5.74, 6) is 0.753. The van der Waals surface area contributed by atoms with Gasteiger partial charge in [-0.05, 0) is 24.3 Å². The largest absolute Gasteiger partial charge is 0.493 e. The minimum atomic E-state index is -0.735. The first-order valence-corrected chi connectivity index (χ1v) is 9.23. The molecule has 0 saturated carbocycles. The van der Waals surface area contributed by atoms with E-state index in [9.17, 15) is 9.59 Å². The van der Waals surface area contributed by atoms with Gasteiger partial charge in [0.25, 0.3) is 5.91 Å². The topological polar surface area (TPSA) is 102 Å². The predicted octanol–water partition coefficient (Wildman–Crippen LogP) is 2.67. The van der Waals surface area contributed by atoms with E-state index >= 15 is 0 Å². The van der Waals surface area contributed by atoms with Gasteiger partial charge in [-0.1, -0.05) is 0 Å². The molecule has 0 radical (unpaired) electrons. The average molecular weight is 417 g/mol. The van der Waals surface area contributed by atoms with Gasteiger partial charge in [0.15, 0.2) is 29.6 Å². The van der Waals surface area contributed by atoms with Crippen LogP contribution >= 0.6 is 0 Å². The molecule has 160 valence electrons. The molecule has 0 aliphatic carbocycles. The van der Waals surface area contributed by atoms with E-state index in [-0.39, 0.29) is 17.1 Å². The lowest BCUT2D eigenvalue weighted by atomic mass is 10.1. The third kappa shape index (κ3) is 4.68. The van der Waals surface area contributed by atoms with Gasteiger partial charge in [0, 0.05) is 18.2 Å². The Labute approximate surface area is 173 Å². The summed E-state index contributed by atoms with van der Waals surface area (Å²) >= 11 is 0. The van der Waals surface area contributed by atoms with Crippen LogP contribution in [0.25, 0.3) is 0 Å². The second kappa shape index (κ2) is 9.73. The number of benzene rings is 2. The fourth-order valence-electron chi connectivity index (χ4n) is 2.91. The van der Waals surface area contributed by atoms with Crippen LogP contribution in [0.1, 0.15) is 16.8 Å². The number of hydrogen-bond donors (Lipinski definition) is 1. The summed E-state index contributed by atoms with van der Waals surface area (Å²) in [7, 11) is 4.29. The van der Waals surface area contributed by atoms with Crippen molar-refractivity contribution in [1.82, 2.24) is 0 Å². The SMILES string of the molecule is COc1ccc(C(=O)OCC(=O)Nc2ccc3c(c2)OCCCO3)c(OC)c1OC. The summed E-state index contributed by atoms with van der Waals surface area (Å²) in [4.78, 5) is 24.7. The van der Waals surface area contributed by atoms with Crippen LogP contribution in [-0.4, -0.2) is 53.0 Å². The highest BCUT2D eigenvalue weighted by Gasteiger charge is 2.22. The zero-order valence-electron chi connectivity index (χ0n) is 17.0. The van der Waals surface area contributed by atoms with Crippen LogP contribution in [0.15, 0.2) is 30.3 Å². The quantitative estimate of drug-likeness (QED) is 0.686. The molecule has 1 aliphatic rings. The molecular weight excluding hydrogens is 394 g/mol. The Morgan fingerprint density at radius 3 is 2.37 bits per heavy atom. The number of amides is 1. The van der Waals surface area contributed by atoms with E-state index in [2.05, 4.69) is 5.32 Å². The molecule has 1 heterocycles. The van der Waals surface area contributed by atoms with E-state index < -0.39 is 18.5 Å². The lowest BCUT2D eigenvalue weighted by Crippen LogP contribution is -2.21. The molecule has 1 aliphatic heterocycles. The minimum absolute atomic E-state index is 0.110. The molecule has 3 rings (SSSR count). The fourth-order valence-corrected chi connectivity index (χ4v) is 2.91. The van der Waals surface area contributed by atoms with E-state index in [0.29, 0.717) is 36.1 Å². The molecule has 1 N–H and O–H groups in total. The molecule has 0 aromatic heterocycles. The average Bonchev–Trinajstić information content (AvgIpc) is 3.01. The third-order valence-electron chi connectivity index (χ3n) is 4.29. The first kappa shape index (κ1) is 21.1. The predicted molar refractivity (Wildman–Crippen MR) is 107 cm³/mol. The van der Waals surface area contributed by atoms with Gasteiger partial charge in [-0.25, -0.2) is 4.79 Å². The Morgan fingerprint density at radius 2 is 1.67 bits per heavy atom. The van der Waals surface area contributed by atoms with Crippen molar-refractivity contribution < 1.29 is 38.0 Å². The molecule has 9 heteroatoms. The summed E-state index contributed by atoms with van der Waals surface area (Å²) in [6.45, 7) is 0.633. The van der Waals surface area contributed by atoms with Gasteiger partial charge in [0.1, 0.15) is 5.56 Å². The maximum atomic E-state index is 12.5. The number of nitrogens with one attached hydrogen (secondary N) is 1. The van der Waals surface area contributed by atoms with Gasteiger partial charge in [-0.2, -0.15) is 0 Å². The van der Waals surface area contributed by atoms with E-state index in [0.717, 1.165) is 6.42 Å². The van der Waals surface area contributed by atoms with E-state index in [1.165, 1.54) is 27.4 Å². The Hall–Kier alpha value is -3.62. The highest BCUT2D eigenvalue weighted by atomic mass is 16.5. The monoisotopic (exact) mass is 417 g/mol. The summed E-state index contributed by atoms with van der Waals surface area (Å²) in [6, 6.07) is 8.10. The van der Waals surface area contributed by atoms with Crippen molar-refractivity contribution in [2.75, 3.05) is 46.5 Å². The molecule has 0 bridgehead atoms. The number of methoxy groups -OCH3 is 3. The van der Waals surface area contributed by atoms with Crippen LogP contribution in [0.3, 0.4) is 0 Å². The van der Waals surface area contributed by atoms with Gasteiger partial charge < -0.3 is 33.7 Å². The third-order valence-corrected chi connectivity index (χ3v) is 4.29. The van der Waals surface area contributed by atoms with E-state index in [4.69, 9.17) is 28.4 Å². The van der Waals surface area contributed by atoms with Crippen LogP contribution in [0.4, 0.5) is 5.69 Å². The zero-order valence-corrected chi connectivity index (χ0v) is 17.0. The van der Waals surface area contributed by atoms with Crippen LogP contribution in [-0.2, 0) is 9.53 Å². The van der Waals surface area contributed by atoms with Crippen molar-refractivity contribution in [3.8, 4) is 28.7 Å². The molecule has 30 heavy (non-hydrogen) atoms. The molecular formula is C21H23NO8. The summed E-state index contributed by atoms with van der Waals surface area (Å²) in [5.41, 5.74) is 0.613. The van der Waals surface area contributed by atoms with Crippen molar-refractivity contribution in [1.29, 1.82) is 0 Å². The summed E-state index contributed by atoms with van der Waals surface area (Å²) in [6.07, 6.45) is 0.784. The Kier molecular flexibility index (Phi) is 6.84. The number of esters is 1. The Morgan fingerprint density at radius 1 is 0.933 bits per heavy atom. The smallest absolute Gasteiger partial charge is 0.342 e. The Bertz CT molecular complexity index is 927. The number of hydrogen-bond acceptors (Lipinski definition) is 8. The molecule has 0 unspecified atom stereocenters. The van der Waals surface area contributed by atoms with Gasteiger partial charge in [-0.3, -0.25) is 4.79 Å².